The summed E-state index contributed by atoms with van der Waals surface area (Å²) in [5.41, 5.74) is 2.94. The Bertz CT molecular complexity index is 258. The highest BCUT2D eigenvalue weighted by Gasteiger charge is 2.38. The Morgan fingerprint density at radius 1 is 1.77 bits per heavy atom. The molecule has 3 atom stereocenters. The van der Waals surface area contributed by atoms with Crippen LogP contribution in [-0.4, -0.2) is 6.04 Å². The molecule has 1 saturated carbocycles. The zero-order chi connectivity index (χ0) is 9.26. The Labute approximate surface area is 83.1 Å². The van der Waals surface area contributed by atoms with Gasteiger partial charge in [-0.05, 0) is 36.1 Å². The van der Waals surface area contributed by atoms with Gasteiger partial charge in [0.05, 0.1) is 0 Å². The lowest BCUT2D eigenvalue weighted by Gasteiger charge is -2.13. The summed E-state index contributed by atoms with van der Waals surface area (Å²) in [5, 5.41) is 2.12. The molecule has 1 aliphatic carbocycles. The minimum Gasteiger partial charge on any atom is -0.271 e. The molecule has 1 aromatic rings. The fraction of sp³-hybridized carbons (Fsp3) is 0.600. The fourth-order valence-corrected chi connectivity index (χ4v) is 2.66. The Morgan fingerprint density at radius 2 is 2.54 bits per heavy atom. The van der Waals surface area contributed by atoms with Gasteiger partial charge < -0.3 is 0 Å². The SMILES string of the molecule is CC1CC1C(Cc1cccs1)NN. The van der Waals surface area contributed by atoms with E-state index in [-0.39, 0.29) is 0 Å². The first kappa shape index (κ1) is 9.19. The molecule has 1 fully saturated rings. The number of nitrogens with two attached hydrogens (primary N) is 1. The zero-order valence-electron chi connectivity index (χ0n) is 7.86. The van der Waals surface area contributed by atoms with Crippen LogP contribution in [0.3, 0.4) is 0 Å². The monoisotopic (exact) mass is 196 g/mol. The largest absolute Gasteiger partial charge is 0.271 e. The molecule has 1 aliphatic rings. The molecular formula is C10H16N2S. The highest BCUT2D eigenvalue weighted by molar-refractivity contribution is 7.09. The van der Waals surface area contributed by atoms with Crippen LogP contribution in [0.25, 0.3) is 0 Å². The van der Waals surface area contributed by atoms with Gasteiger partial charge in [0.15, 0.2) is 0 Å². The molecule has 1 heterocycles. The minimum atomic E-state index is 0.480. The summed E-state index contributed by atoms with van der Waals surface area (Å²) in [4.78, 5) is 1.43. The maximum Gasteiger partial charge on any atom is 0.0289 e. The van der Waals surface area contributed by atoms with E-state index in [2.05, 4.69) is 29.9 Å². The van der Waals surface area contributed by atoms with Crippen molar-refractivity contribution in [2.75, 3.05) is 0 Å². The molecule has 2 nitrogen and oxygen atoms in total. The number of nitrogens with one attached hydrogen (secondary N) is 1. The van der Waals surface area contributed by atoms with Crippen LogP contribution in [0.1, 0.15) is 18.2 Å². The number of thiophene rings is 1. The van der Waals surface area contributed by atoms with E-state index < -0.39 is 0 Å². The van der Waals surface area contributed by atoms with Crippen molar-refractivity contribution in [2.24, 2.45) is 17.7 Å². The Kier molecular flexibility index (Phi) is 2.67. The molecule has 0 amide bonds. The third kappa shape index (κ3) is 2.10. The lowest BCUT2D eigenvalue weighted by Crippen LogP contribution is -2.38. The number of rotatable bonds is 4. The zero-order valence-corrected chi connectivity index (χ0v) is 8.68. The number of hydrazine groups is 1. The number of hydrogen-bond acceptors (Lipinski definition) is 3. The molecule has 0 aromatic carbocycles. The van der Waals surface area contributed by atoms with Crippen LogP contribution in [0.15, 0.2) is 17.5 Å². The quantitative estimate of drug-likeness (QED) is 0.569. The van der Waals surface area contributed by atoms with Crippen LogP contribution in [0.4, 0.5) is 0 Å². The van der Waals surface area contributed by atoms with Gasteiger partial charge in [-0.25, -0.2) is 0 Å². The van der Waals surface area contributed by atoms with Gasteiger partial charge in [-0.2, -0.15) is 0 Å². The molecule has 1 aromatic heterocycles. The van der Waals surface area contributed by atoms with Crippen LogP contribution < -0.4 is 11.3 Å². The Morgan fingerprint density at radius 3 is 3.00 bits per heavy atom. The van der Waals surface area contributed by atoms with Crippen LogP contribution in [-0.2, 0) is 6.42 Å². The van der Waals surface area contributed by atoms with Crippen LogP contribution >= 0.6 is 11.3 Å². The van der Waals surface area contributed by atoms with Crippen molar-refractivity contribution in [3.63, 3.8) is 0 Å². The number of hydrogen-bond donors (Lipinski definition) is 2. The topological polar surface area (TPSA) is 38.0 Å². The van der Waals surface area contributed by atoms with Crippen molar-refractivity contribution in [1.82, 2.24) is 5.43 Å². The Hall–Kier alpha value is -0.380. The third-order valence-electron chi connectivity index (χ3n) is 2.90. The third-order valence-corrected chi connectivity index (χ3v) is 3.80. The van der Waals surface area contributed by atoms with Gasteiger partial charge >= 0.3 is 0 Å². The maximum atomic E-state index is 5.55. The second-order valence-corrected chi connectivity index (χ2v) is 4.97. The molecule has 2 rings (SSSR count). The molecule has 0 saturated heterocycles. The Balaban J connectivity index is 1.91. The molecule has 72 valence electrons. The fourth-order valence-electron chi connectivity index (χ4n) is 1.89. The second kappa shape index (κ2) is 3.78. The van der Waals surface area contributed by atoms with E-state index in [4.69, 9.17) is 5.84 Å². The molecule has 0 bridgehead atoms. The first-order valence-electron chi connectivity index (χ1n) is 4.79. The molecule has 3 unspecified atom stereocenters. The van der Waals surface area contributed by atoms with Gasteiger partial charge in [-0.15, -0.1) is 11.3 Å². The maximum absolute atomic E-state index is 5.55. The van der Waals surface area contributed by atoms with Crippen molar-refractivity contribution < 1.29 is 0 Å². The molecule has 13 heavy (non-hydrogen) atoms. The lowest BCUT2D eigenvalue weighted by molar-refractivity contribution is 0.457. The predicted molar refractivity (Wildman–Crippen MR) is 56.4 cm³/mol. The first-order valence-corrected chi connectivity index (χ1v) is 5.67. The van der Waals surface area contributed by atoms with E-state index in [9.17, 15) is 0 Å². The molecule has 0 aliphatic heterocycles. The van der Waals surface area contributed by atoms with Crippen molar-refractivity contribution in [3.8, 4) is 0 Å². The van der Waals surface area contributed by atoms with Gasteiger partial charge in [0.2, 0.25) is 0 Å². The van der Waals surface area contributed by atoms with Crippen LogP contribution in [0.5, 0.6) is 0 Å². The van der Waals surface area contributed by atoms with E-state index in [1.165, 1.54) is 11.3 Å². The average molecular weight is 196 g/mol. The van der Waals surface area contributed by atoms with Crippen LogP contribution in [0.2, 0.25) is 0 Å². The van der Waals surface area contributed by atoms with E-state index in [0.29, 0.717) is 6.04 Å². The first-order chi connectivity index (χ1) is 6.31. The van der Waals surface area contributed by atoms with Gasteiger partial charge in [0.25, 0.3) is 0 Å². The normalized spacial score (nSPS) is 28.8. The van der Waals surface area contributed by atoms with E-state index in [0.717, 1.165) is 18.3 Å². The van der Waals surface area contributed by atoms with Gasteiger partial charge in [-0.1, -0.05) is 13.0 Å². The molecule has 3 N–H and O–H groups in total. The minimum absolute atomic E-state index is 0.480. The molecule has 3 heteroatoms. The summed E-state index contributed by atoms with van der Waals surface area (Å²) in [7, 11) is 0. The van der Waals surface area contributed by atoms with E-state index >= 15 is 0 Å². The smallest absolute Gasteiger partial charge is 0.0289 e. The second-order valence-electron chi connectivity index (χ2n) is 3.93. The van der Waals surface area contributed by atoms with Gasteiger partial charge in [-0.3, -0.25) is 11.3 Å². The van der Waals surface area contributed by atoms with Crippen molar-refractivity contribution in [1.29, 1.82) is 0 Å². The summed E-state index contributed by atoms with van der Waals surface area (Å²) < 4.78 is 0. The summed E-state index contributed by atoms with van der Waals surface area (Å²) >= 11 is 1.82. The van der Waals surface area contributed by atoms with E-state index in [1.807, 2.05) is 11.3 Å². The average Bonchev–Trinajstić information content (AvgIpc) is 2.68. The summed E-state index contributed by atoms with van der Waals surface area (Å²) in [5.74, 6) is 7.21. The van der Waals surface area contributed by atoms with Crippen molar-refractivity contribution >= 4 is 11.3 Å². The lowest BCUT2D eigenvalue weighted by atomic mass is 10.1. The standard InChI is InChI=1S/C10H16N2S/c1-7-5-9(7)10(12-11)6-8-3-2-4-13-8/h2-4,7,9-10,12H,5-6,11H2,1H3. The van der Waals surface area contributed by atoms with Crippen molar-refractivity contribution in [3.05, 3.63) is 22.4 Å². The van der Waals surface area contributed by atoms with Gasteiger partial charge in [0, 0.05) is 10.9 Å². The van der Waals surface area contributed by atoms with Gasteiger partial charge in [0.1, 0.15) is 0 Å². The summed E-state index contributed by atoms with van der Waals surface area (Å²) in [6, 6.07) is 4.76. The molecule has 0 spiro atoms. The molecular weight excluding hydrogens is 180 g/mol. The molecule has 0 radical (unpaired) electrons. The highest BCUT2D eigenvalue weighted by atomic mass is 32.1. The van der Waals surface area contributed by atoms with E-state index in [1.54, 1.807) is 0 Å². The predicted octanol–water partition coefficient (Wildman–Crippen LogP) is 1.78. The van der Waals surface area contributed by atoms with Crippen LogP contribution in [0, 0.1) is 11.8 Å². The van der Waals surface area contributed by atoms with Crippen molar-refractivity contribution in [2.45, 2.75) is 25.8 Å². The summed E-state index contributed by atoms with van der Waals surface area (Å²) in [6.45, 7) is 2.30. The highest BCUT2D eigenvalue weighted by Crippen LogP contribution is 2.41. The summed E-state index contributed by atoms with van der Waals surface area (Å²) in [6.07, 6.45) is 2.42.